The van der Waals surface area contributed by atoms with Crippen molar-refractivity contribution in [2.75, 3.05) is 0 Å². The summed E-state index contributed by atoms with van der Waals surface area (Å²) < 4.78 is 0. The van der Waals surface area contributed by atoms with E-state index in [1.54, 1.807) is 0 Å². The van der Waals surface area contributed by atoms with Gasteiger partial charge in [-0.2, -0.15) is 0 Å². The maximum atomic E-state index is 12.5. The molecular weight excluding hydrogens is 266 g/mol. The van der Waals surface area contributed by atoms with Gasteiger partial charge in [-0.1, -0.05) is 13.3 Å². The van der Waals surface area contributed by atoms with Gasteiger partial charge in [0.05, 0.1) is 0 Å². The van der Waals surface area contributed by atoms with Gasteiger partial charge in [0.15, 0.2) is 0 Å². The van der Waals surface area contributed by atoms with Gasteiger partial charge in [0, 0.05) is 5.56 Å². The van der Waals surface area contributed by atoms with Crippen LogP contribution in [0.25, 0.3) is 0 Å². The largest absolute Gasteiger partial charge is 0.480 e. The highest BCUT2D eigenvalue weighted by atomic mass is 16.4. The lowest BCUT2D eigenvalue weighted by molar-refractivity contribution is -0.139. The SMILES string of the molecule is CCC[C@H](NC(=O)c1c(C)c(C)c(C)c(C)c1C)C(=O)O. The molecule has 0 fully saturated rings. The van der Waals surface area contributed by atoms with E-state index >= 15 is 0 Å². The minimum absolute atomic E-state index is 0.294. The molecule has 4 nitrogen and oxygen atoms in total. The zero-order valence-electron chi connectivity index (χ0n) is 13.8. The van der Waals surface area contributed by atoms with Crippen molar-refractivity contribution in [1.82, 2.24) is 5.32 Å². The third-order valence-electron chi connectivity index (χ3n) is 4.41. The van der Waals surface area contributed by atoms with Crippen LogP contribution >= 0.6 is 0 Å². The van der Waals surface area contributed by atoms with Crippen LogP contribution < -0.4 is 5.32 Å². The molecule has 0 aliphatic heterocycles. The average molecular weight is 291 g/mol. The Kier molecular flexibility index (Phi) is 5.53. The fourth-order valence-corrected chi connectivity index (χ4v) is 2.62. The quantitative estimate of drug-likeness (QED) is 0.875. The topological polar surface area (TPSA) is 66.4 Å². The van der Waals surface area contributed by atoms with Crippen molar-refractivity contribution in [3.05, 3.63) is 33.4 Å². The Morgan fingerprint density at radius 3 is 1.76 bits per heavy atom. The first-order chi connectivity index (χ1) is 9.72. The van der Waals surface area contributed by atoms with E-state index in [-0.39, 0.29) is 5.91 Å². The Labute approximate surface area is 126 Å². The van der Waals surface area contributed by atoms with Crippen LogP contribution in [0.1, 0.15) is 57.9 Å². The van der Waals surface area contributed by atoms with E-state index in [1.165, 1.54) is 5.56 Å². The third kappa shape index (κ3) is 3.43. The molecule has 1 aromatic carbocycles. The molecule has 0 unspecified atom stereocenters. The molecule has 1 rings (SSSR count). The van der Waals surface area contributed by atoms with Crippen molar-refractivity contribution in [3.8, 4) is 0 Å². The summed E-state index contributed by atoms with van der Waals surface area (Å²) in [6, 6.07) is -0.830. The number of rotatable bonds is 5. The fraction of sp³-hybridized carbons (Fsp3) is 0.529. The molecule has 2 N–H and O–H groups in total. The second-order valence-electron chi connectivity index (χ2n) is 5.65. The van der Waals surface area contributed by atoms with Crippen LogP contribution in [0.2, 0.25) is 0 Å². The summed E-state index contributed by atoms with van der Waals surface area (Å²) in [6.45, 7) is 11.8. The van der Waals surface area contributed by atoms with E-state index in [4.69, 9.17) is 0 Å². The maximum absolute atomic E-state index is 12.5. The van der Waals surface area contributed by atoms with Crippen LogP contribution in [0.3, 0.4) is 0 Å². The maximum Gasteiger partial charge on any atom is 0.326 e. The predicted molar refractivity (Wildman–Crippen MR) is 83.9 cm³/mol. The Balaban J connectivity index is 3.22. The lowest BCUT2D eigenvalue weighted by atomic mass is 9.89. The number of amides is 1. The van der Waals surface area contributed by atoms with Gasteiger partial charge in [0.2, 0.25) is 0 Å². The molecule has 0 spiro atoms. The number of hydrogen-bond acceptors (Lipinski definition) is 2. The number of carboxylic acids is 1. The normalized spacial score (nSPS) is 12.1. The third-order valence-corrected chi connectivity index (χ3v) is 4.41. The Bertz CT molecular complexity index is 547. The summed E-state index contributed by atoms with van der Waals surface area (Å²) in [7, 11) is 0. The highest BCUT2D eigenvalue weighted by Crippen LogP contribution is 2.26. The lowest BCUT2D eigenvalue weighted by Crippen LogP contribution is -2.41. The molecule has 0 aliphatic carbocycles. The van der Waals surface area contributed by atoms with Crippen molar-refractivity contribution in [1.29, 1.82) is 0 Å². The number of nitrogens with one attached hydrogen (secondary N) is 1. The van der Waals surface area contributed by atoms with Crippen molar-refractivity contribution in [3.63, 3.8) is 0 Å². The molecule has 0 heterocycles. The summed E-state index contributed by atoms with van der Waals surface area (Å²) in [4.78, 5) is 23.7. The highest BCUT2D eigenvalue weighted by molar-refractivity contribution is 5.99. The van der Waals surface area contributed by atoms with E-state index < -0.39 is 12.0 Å². The molecule has 1 atom stereocenters. The van der Waals surface area contributed by atoms with Gasteiger partial charge in [0.25, 0.3) is 5.91 Å². The summed E-state index contributed by atoms with van der Waals surface area (Å²) in [5.74, 6) is -1.28. The molecule has 4 heteroatoms. The molecule has 0 bridgehead atoms. The first kappa shape index (κ1) is 17.2. The van der Waals surface area contributed by atoms with Crippen molar-refractivity contribution < 1.29 is 14.7 Å². The number of benzene rings is 1. The van der Waals surface area contributed by atoms with Crippen LogP contribution in [-0.2, 0) is 4.79 Å². The summed E-state index contributed by atoms with van der Waals surface area (Å²) in [5, 5.41) is 11.8. The van der Waals surface area contributed by atoms with E-state index in [0.29, 0.717) is 18.4 Å². The minimum Gasteiger partial charge on any atom is -0.480 e. The standard InChI is InChI=1S/C17H25NO3/c1-7-8-14(17(20)21)18-16(19)15-12(5)10(3)9(2)11(4)13(15)6/h14H,7-8H2,1-6H3,(H,18,19)(H,20,21)/t14-/m0/s1. The smallest absolute Gasteiger partial charge is 0.326 e. The molecule has 0 aliphatic rings. The molecule has 0 saturated heterocycles. The average Bonchev–Trinajstić information content (AvgIpc) is 2.42. The van der Waals surface area contributed by atoms with Gasteiger partial charge in [0.1, 0.15) is 6.04 Å². The summed E-state index contributed by atoms with van der Waals surface area (Å²) in [5.41, 5.74) is 5.82. The second kappa shape index (κ2) is 6.74. The molecule has 116 valence electrons. The summed E-state index contributed by atoms with van der Waals surface area (Å²) >= 11 is 0. The molecule has 0 aromatic heterocycles. The van der Waals surface area contributed by atoms with Gasteiger partial charge in [-0.25, -0.2) is 4.79 Å². The van der Waals surface area contributed by atoms with Gasteiger partial charge in [-0.15, -0.1) is 0 Å². The number of carbonyl (C=O) groups is 2. The molecule has 0 radical (unpaired) electrons. The Morgan fingerprint density at radius 2 is 1.38 bits per heavy atom. The summed E-state index contributed by atoms with van der Waals surface area (Å²) in [6.07, 6.45) is 1.14. The van der Waals surface area contributed by atoms with E-state index in [1.807, 2.05) is 41.5 Å². The van der Waals surface area contributed by atoms with Gasteiger partial charge < -0.3 is 10.4 Å². The molecule has 21 heavy (non-hydrogen) atoms. The van der Waals surface area contributed by atoms with Gasteiger partial charge >= 0.3 is 5.97 Å². The second-order valence-corrected chi connectivity index (χ2v) is 5.65. The molecule has 0 saturated carbocycles. The molecular formula is C17H25NO3. The first-order valence-corrected chi connectivity index (χ1v) is 7.32. The van der Waals surface area contributed by atoms with Crippen molar-refractivity contribution in [2.45, 2.75) is 60.4 Å². The van der Waals surface area contributed by atoms with E-state index in [0.717, 1.165) is 22.3 Å². The fourth-order valence-electron chi connectivity index (χ4n) is 2.62. The van der Waals surface area contributed by atoms with E-state index in [9.17, 15) is 14.7 Å². The number of aliphatic carboxylic acids is 1. The lowest BCUT2D eigenvalue weighted by Gasteiger charge is -2.20. The zero-order chi connectivity index (χ0) is 16.3. The van der Waals surface area contributed by atoms with Crippen LogP contribution in [0.5, 0.6) is 0 Å². The monoisotopic (exact) mass is 291 g/mol. The van der Waals surface area contributed by atoms with Crippen molar-refractivity contribution >= 4 is 11.9 Å². The Hall–Kier alpha value is -1.84. The van der Waals surface area contributed by atoms with Gasteiger partial charge in [-0.3, -0.25) is 4.79 Å². The van der Waals surface area contributed by atoms with Crippen LogP contribution in [-0.4, -0.2) is 23.0 Å². The first-order valence-electron chi connectivity index (χ1n) is 7.32. The van der Waals surface area contributed by atoms with E-state index in [2.05, 4.69) is 5.32 Å². The van der Waals surface area contributed by atoms with Crippen LogP contribution in [0, 0.1) is 34.6 Å². The molecule has 1 aromatic rings. The molecule has 1 amide bonds. The number of hydrogen-bond donors (Lipinski definition) is 2. The van der Waals surface area contributed by atoms with Crippen molar-refractivity contribution in [2.24, 2.45) is 0 Å². The number of carbonyl (C=O) groups excluding carboxylic acids is 1. The van der Waals surface area contributed by atoms with Gasteiger partial charge in [-0.05, 0) is 68.9 Å². The highest BCUT2D eigenvalue weighted by Gasteiger charge is 2.23. The number of carboxylic acid groups (broad SMARTS) is 1. The van der Waals surface area contributed by atoms with Crippen LogP contribution in [0.4, 0.5) is 0 Å². The predicted octanol–water partition coefficient (Wildman–Crippen LogP) is 3.21. The Morgan fingerprint density at radius 1 is 0.952 bits per heavy atom. The minimum atomic E-state index is -0.985. The zero-order valence-corrected chi connectivity index (χ0v) is 13.8. The van der Waals surface area contributed by atoms with Crippen LogP contribution in [0.15, 0.2) is 0 Å².